The van der Waals surface area contributed by atoms with Gasteiger partial charge in [-0.05, 0) is 36.2 Å². The predicted octanol–water partition coefficient (Wildman–Crippen LogP) is 3.35. The van der Waals surface area contributed by atoms with Gasteiger partial charge in [-0.1, -0.05) is 30.7 Å². The van der Waals surface area contributed by atoms with Crippen LogP contribution in [0.15, 0.2) is 42.6 Å². The average molecular weight is 345 g/mol. The van der Waals surface area contributed by atoms with Crippen molar-refractivity contribution in [1.82, 2.24) is 10.3 Å². The third-order valence-electron chi connectivity index (χ3n) is 3.84. The van der Waals surface area contributed by atoms with Gasteiger partial charge in [0.2, 0.25) is 5.91 Å². The smallest absolute Gasteiger partial charge is 0.324 e. The van der Waals surface area contributed by atoms with E-state index in [1.165, 1.54) is 4.90 Å². The van der Waals surface area contributed by atoms with Crippen LogP contribution in [0.4, 0.5) is 16.3 Å². The highest BCUT2D eigenvalue weighted by molar-refractivity contribution is 6.30. The Morgan fingerprint density at radius 3 is 2.83 bits per heavy atom. The standard InChI is InChI=1S/C17H17ClN4O2/c1-2-13(11-5-7-12(18)8-6-11)21-17(24)22-10-15(23)20-14-4-3-9-19-16(14)22/h3-9,13H,2,10H2,1H3,(H,20,23)(H,21,24). The van der Waals surface area contributed by atoms with Crippen LogP contribution >= 0.6 is 11.6 Å². The molecular weight excluding hydrogens is 328 g/mol. The Morgan fingerprint density at radius 1 is 1.38 bits per heavy atom. The SMILES string of the molecule is CCC(NC(=O)N1CC(=O)Nc2cccnc21)c1ccc(Cl)cc1. The van der Waals surface area contributed by atoms with E-state index in [4.69, 9.17) is 11.6 Å². The largest absolute Gasteiger partial charge is 0.331 e. The van der Waals surface area contributed by atoms with Crippen LogP contribution in [0, 0.1) is 0 Å². The maximum Gasteiger partial charge on any atom is 0.324 e. The lowest BCUT2D eigenvalue weighted by molar-refractivity contribution is -0.115. The van der Waals surface area contributed by atoms with Crippen molar-refractivity contribution in [2.24, 2.45) is 0 Å². The number of rotatable bonds is 3. The molecule has 7 heteroatoms. The molecule has 124 valence electrons. The summed E-state index contributed by atoms with van der Waals surface area (Å²) < 4.78 is 0. The second-order valence-electron chi connectivity index (χ2n) is 5.47. The molecule has 0 bridgehead atoms. The molecule has 1 aromatic heterocycles. The summed E-state index contributed by atoms with van der Waals surface area (Å²) in [4.78, 5) is 30.1. The zero-order chi connectivity index (χ0) is 17.1. The number of carbonyl (C=O) groups is 2. The fourth-order valence-electron chi connectivity index (χ4n) is 2.63. The van der Waals surface area contributed by atoms with Gasteiger partial charge < -0.3 is 10.6 Å². The number of amides is 3. The number of hydrogen-bond acceptors (Lipinski definition) is 3. The number of nitrogens with one attached hydrogen (secondary N) is 2. The van der Waals surface area contributed by atoms with Gasteiger partial charge in [-0.15, -0.1) is 0 Å². The Morgan fingerprint density at radius 2 is 2.12 bits per heavy atom. The van der Waals surface area contributed by atoms with Crippen molar-refractivity contribution in [1.29, 1.82) is 0 Å². The minimum atomic E-state index is -0.355. The highest BCUT2D eigenvalue weighted by atomic mass is 35.5. The van der Waals surface area contributed by atoms with Crippen LogP contribution in [-0.4, -0.2) is 23.5 Å². The van der Waals surface area contributed by atoms with Crippen LogP contribution < -0.4 is 15.5 Å². The van der Waals surface area contributed by atoms with Gasteiger partial charge in [-0.3, -0.25) is 9.69 Å². The molecule has 3 rings (SSSR count). The molecule has 0 fully saturated rings. The Hall–Kier alpha value is -2.60. The summed E-state index contributed by atoms with van der Waals surface area (Å²) >= 11 is 5.91. The predicted molar refractivity (Wildman–Crippen MR) is 93.2 cm³/mol. The lowest BCUT2D eigenvalue weighted by atomic mass is 10.1. The second-order valence-corrected chi connectivity index (χ2v) is 5.91. The number of carbonyl (C=O) groups excluding carboxylic acids is 2. The second kappa shape index (κ2) is 6.88. The van der Waals surface area contributed by atoms with Gasteiger partial charge in [0.05, 0.1) is 11.7 Å². The molecule has 24 heavy (non-hydrogen) atoms. The van der Waals surface area contributed by atoms with Crippen LogP contribution in [0.25, 0.3) is 0 Å². The van der Waals surface area contributed by atoms with Crippen molar-refractivity contribution in [2.75, 3.05) is 16.8 Å². The van der Waals surface area contributed by atoms with Crippen molar-refractivity contribution in [3.8, 4) is 0 Å². The number of halogens is 1. The quantitative estimate of drug-likeness (QED) is 0.896. The Kier molecular flexibility index (Phi) is 4.66. The molecule has 2 N–H and O–H groups in total. The minimum absolute atomic E-state index is 0.0626. The Labute approximate surface area is 144 Å². The maximum absolute atomic E-state index is 12.7. The Bertz CT molecular complexity index is 763. The van der Waals surface area contributed by atoms with Gasteiger partial charge in [0.15, 0.2) is 5.82 Å². The van der Waals surface area contributed by atoms with E-state index in [9.17, 15) is 9.59 Å². The van der Waals surface area contributed by atoms with Gasteiger partial charge in [-0.25, -0.2) is 9.78 Å². The van der Waals surface area contributed by atoms with E-state index in [2.05, 4.69) is 15.6 Å². The highest BCUT2D eigenvalue weighted by Crippen LogP contribution is 2.27. The molecule has 2 heterocycles. The lowest BCUT2D eigenvalue weighted by Gasteiger charge is -2.29. The zero-order valence-electron chi connectivity index (χ0n) is 13.1. The number of aromatic nitrogens is 1. The average Bonchev–Trinajstić information content (AvgIpc) is 2.59. The summed E-state index contributed by atoms with van der Waals surface area (Å²) in [6, 6.07) is 10.2. The van der Waals surface area contributed by atoms with Crippen molar-refractivity contribution in [3.63, 3.8) is 0 Å². The number of pyridine rings is 1. The van der Waals surface area contributed by atoms with E-state index in [1.54, 1.807) is 30.5 Å². The first-order chi connectivity index (χ1) is 11.6. The van der Waals surface area contributed by atoms with Gasteiger partial charge in [0.1, 0.15) is 6.54 Å². The molecule has 0 spiro atoms. The number of urea groups is 1. The summed E-state index contributed by atoms with van der Waals surface area (Å²) in [6.45, 7) is 1.92. The molecule has 0 saturated carbocycles. The third-order valence-corrected chi connectivity index (χ3v) is 4.09. The fourth-order valence-corrected chi connectivity index (χ4v) is 2.75. The molecule has 1 unspecified atom stereocenters. The molecular formula is C17H17ClN4O2. The van der Waals surface area contributed by atoms with Crippen LogP contribution in [0.5, 0.6) is 0 Å². The molecule has 1 aliphatic rings. The number of hydrogen-bond donors (Lipinski definition) is 2. The molecule has 1 atom stereocenters. The van der Waals surface area contributed by atoms with Crippen molar-refractivity contribution in [2.45, 2.75) is 19.4 Å². The van der Waals surface area contributed by atoms with Gasteiger partial charge in [0.25, 0.3) is 0 Å². The van der Waals surface area contributed by atoms with Crippen molar-refractivity contribution < 1.29 is 9.59 Å². The summed E-state index contributed by atoms with van der Waals surface area (Å²) in [5, 5.41) is 6.31. The molecule has 6 nitrogen and oxygen atoms in total. The Balaban J connectivity index is 1.81. The maximum atomic E-state index is 12.7. The molecule has 0 aliphatic carbocycles. The normalized spacial score (nSPS) is 14.6. The first-order valence-electron chi connectivity index (χ1n) is 7.67. The van der Waals surface area contributed by atoms with E-state index in [1.807, 2.05) is 19.1 Å². The monoisotopic (exact) mass is 344 g/mol. The van der Waals surface area contributed by atoms with Crippen molar-refractivity contribution >= 4 is 35.0 Å². The number of benzene rings is 1. The van der Waals surface area contributed by atoms with E-state index >= 15 is 0 Å². The number of fused-ring (bicyclic) bond motifs is 1. The topological polar surface area (TPSA) is 74.3 Å². The molecule has 3 amide bonds. The number of nitrogens with zero attached hydrogens (tertiary/aromatic N) is 2. The van der Waals surface area contributed by atoms with Gasteiger partial charge >= 0.3 is 6.03 Å². The van der Waals surface area contributed by atoms with E-state index < -0.39 is 0 Å². The summed E-state index contributed by atoms with van der Waals surface area (Å²) in [5.74, 6) is 0.200. The van der Waals surface area contributed by atoms with Crippen LogP contribution in [0.3, 0.4) is 0 Å². The first kappa shape index (κ1) is 16.3. The summed E-state index contributed by atoms with van der Waals surface area (Å²) in [7, 11) is 0. The molecule has 0 radical (unpaired) electrons. The number of anilines is 2. The fraction of sp³-hybridized carbons (Fsp3) is 0.235. The van der Waals surface area contributed by atoms with Crippen LogP contribution in [0.2, 0.25) is 5.02 Å². The van der Waals surface area contributed by atoms with Gasteiger partial charge in [0, 0.05) is 11.2 Å². The first-order valence-corrected chi connectivity index (χ1v) is 8.04. The third kappa shape index (κ3) is 3.33. The lowest BCUT2D eigenvalue weighted by Crippen LogP contribution is -2.48. The zero-order valence-corrected chi connectivity index (χ0v) is 13.9. The molecule has 0 saturated heterocycles. The molecule has 1 aromatic carbocycles. The van der Waals surface area contributed by atoms with Gasteiger partial charge in [-0.2, -0.15) is 0 Å². The highest BCUT2D eigenvalue weighted by Gasteiger charge is 2.29. The van der Waals surface area contributed by atoms with E-state index in [0.717, 1.165) is 5.56 Å². The van der Waals surface area contributed by atoms with Crippen LogP contribution in [0.1, 0.15) is 24.9 Å². The van der Waals surface area contributed by atoms with Crippen LogP contribution in [-0.2, 0) is 4.79 Å². The van der Waals surface area contributed by atoms with E-state index in [0.29, 0.717) is 22.9 Å². The summed E-state index contributed by atoms with van der Waals surface area (Å²) in [6.07, 6.45) is 2.30. The molecule has 1 aliphatic heterocycles. The van der Waals surface area contributed by atoms with E-state index in [-0.39, 0.29) is 24.5 Å². The van der Waals surface area contributed by atoms with Crippen molar-refractivity contribution in [3.05, 3.63) is 53.2 Å². The summed E-state index contributed by atoms with van der Waals surface area (Å²) in [5.41, 5.74) is 1.49. The molecule has 2 aromatic rings. The minimum Gasteiger partial charge on any atom is -0.331 e.